The minimum absolute atomic E-state index is 0.125. The summed E-state index contributed by atoms with van der Waals surface area (Å²) in [5, 5.41) is 12.0. The number of fused-ring (bicyclic) bond motifs is 1. The van der Waals surface area contributed by atoms with E-state index in [1.807, 2.05) is 0 Å². The van der Waals surface area contributed by atoms with Crippen LogP contribution < -0.4 is 10.9 Å². The molecule has 0 radical (unpaired) electrons. The molecule has 0 fully saturated rings. The highest BCUT2D eigenvalue weighted by atomic mass is 19.1. The van der Waals surface area contributed by atoms with Gasteiger partial charge in [0.15, 0.2) is 5.54 Å². The maximum atomic E-state index is 13.1. The minimum Gasteiger partial charge on any atom is -0.479 e. The molecule has 3 rings (SSSR count). The van der Waals surface area contributed by atoms with E-state index in [1.54, 1.807) is 0 Å². The number of carbonyl (C=O) groups is 2. The molecule has 136 valence electrons. The van der Waals surface area contributed by atoms with Crippen molar-refractivity contribution in [1.29, 1.82) is 0 Å². The number of aryl methyl sites for hydroxylation is 2. The van der Waals surface area contributed by atoms with Gasteiger partial charge in [-0.3, -0.25) is 9.59 Å². The highest BCUT2D eigenvalue weighted by molar-refractivity contribution is 5.98. The Balaban J connectivity index is 1.95. The van der Waals surface area contributed by atoms with E-state index >= 15 is 0 Å². The van der Waals surface area contributed by atoms with E-state index in [0.29, 0.717) is 0 Å². The number of carboxylic acid groups (broad SMARTS) is 1. The van der Waals surface area contributed by atoms with Gasteiger partial charge >= 0.3 is 5.97 Å². The van der Waals surface area contributed by atoms with Crippen molar-refractivity contribution in [2.45, 2.75) is 38.1 Å². The third kappa shape index (κ3) is 3.24. The molecular formula is C19H19FN2O4. The summed E-state index contributed by atoms with van der Waals surface area (Å²) in [6.07, 6.45) is 3.48. The summed E-state index contributed by atoms with van der Waals surface area (Å²) in [5.74, 6) is -2.61. The number of carboxylic acids is 1. The molecule has 1 aromatic carbocycles. The molecular weight excluding hydrogens is 339 g/mol. The van der Waals surface area contributed by atoms with Gasteiger partial charge in [-0.2, -0.15) is 0 Å². The van der Waals surface area contributed by atoms with Crippen LogP contribution in [0.2, 0.25) is 0 Å². The van der Waals surface area contributed by atoms with E-state index in [0.717, 1.165) is 49.1 Å². The molecule has 7 heteroatoms. The Morgan fingerprint density at radius 3 is 2.50 bits per heavy atom. The average Bonchev–Trinajstić information content (AvgIpc) is 2.61. The lowest BCUT2D eigenvalue weighted by Crippen LogP contribution is -2.50. The number of nitrogens with one attached hydrogen (secondary N) is 2. The van der Waals surface area contributed by atoms with Crippen LogP contribution in [-0.2, 0) is 23.2 Å². The number of aliphatic carboxylic acids is 1. The lowest BCUT2D eigenvalue weighted by molar-refractivity contribution is -0.144. The highest BCUT2D eigenvalue weighted by Crippen LogP contribution is 2.23. The topological polar surface area (TPSA) is 99.3 Å². The maximum absolute atomic E-state index is 13.1. The Bertz CT molecular complexity index is 920. The molecule has 6 nitrogen and oxygen atoms in total. The van der Waals surface area contributed by atoms with Crippen LogP contribution in [0.3, 0.4) is 0 Å². The standard InChI is InChI=1S/C19H19FN2O4/c1-19(18(25)26,12-6-8-13(20)9-7-12)22-17(24)14-10-11-4-2-3-5-15(11)21-16(14)23/h6-10H,2-5H2,1H3,(H,21,23)(H,22,24)(H,25,26). The molecule has 0 saturated carbocycles. The van der Waals surface area contributed by atoms with Gasteiger partial charge < -0.3 is 15.4 Å². The first-order valence-corrected chi connectivity index (χ1v) is 8.38. The molecule has 3 N–H and O–H groups in total. The number of H-pyrrole nitrogens is 1. The first kappa shape index (κ1) is 17.8. The number of hydrogen-bond acceptors (Lipinski definition) is 3. The van der Waals surface area contributed by atoms with E-state index in [9.17, 15) is 23.9 Å². The normalized spacial score (nSPS) is 15.6. The average molecular weight is 358 g/mol. The van der Waals surface area contributed by atoms with Crippen molar-refractivity contribution < 1.29 is 19.1 Å². The van der Waals surface area contributed by atoms with Crippen molar-refractivity contribution in [3.8, 4) is 0 Å². The van der Waals surface area contributed by atoms with Gasteiger partial charge in [0, 0.05) is 5.69 Å². The number of aromatic nitrogens is 1. The summed E-state index contributed by atoms with van der Waals surface area (Å²) in [7, 11) is 0. The zero-order valence-corrected chi connectivity index (χ0v) is 14.3. The Kier molecular flexibility index (Phi) is 4.63. The zero-order chi connectivity index (χ0) is 18.9. The molecule has 1 aromatic heterocycles. The van der Waals surface area contributed by atoms with Gasteiger partial charge in [0.1, 0.15) is 11.4 Å². The van der Waals surface area contributed by atoms with E-state index < -0.39 is 28.8 Å². The molecule has 1 amide bonds. The van der Waals surface area contributed by atoms with Crippen molar-refractivity contribution in [2.75, 3.05) is 0 Å². The summed E-state index contributed by atoms with van der Waals surface area (Å²) in [4.78, 5) is 39.4. The molecule has 0 spiro atoms. The van der Waals surface area contributed by atoms with Gasteiger partial charge in [-0.15, -0.1) is 0 Å². The van der Waals surface area contributed by atoms with Crippen molar-refractivity contribution in [3.63, 3.8) is 0 Å². The molecule has 0 saturated heterocycles. The van der Waals surface area contributed by atoms with Crippen LogP contribution in [0.4, 0.5) is 4.39 Å². The summed E-state index contributed by atoms with van der Waals surface area (Å²) >= 11 is 0. The van der Waals surface area contributed by atoms with E-state index in [2.05, 4.69) is 10.3 Å². The largest absolute Gasteiger partial charge is 0.479 e. The summed E-state index contributed by atoms with van der Waals surface area (Å²) in [5.41, 5.74) is -0.533. The summed E-state index contributed by atoms with van der Waals surface area (Å²) in [6.45, 7) is 1.30. The number of rotatable bonds is 4. The number of pyridine rings is 1. The number of aromatic amines is 1. The second-order valence-corrected chi connectivity index (χ2v) is 6.61. The van der Waals surface area contributed by atoms with Crippen molar-refractivity contribution in [2.24, 2.45) is 0 Å². The summed E-state index contributed by atoms with van der Waals surface area (Å²) in [6, 6.07) is 6.36. The van der Waals surface area contributed by atoms with E-state index in [-0.39, 0.29) is 11.1 Å². The fourth-order valence-corrected chi connectivity index (χ4v) is 3.17. The van der Waals surface area contributed by atoms with Crippen LogP contribution in [-0.4, -0.2) is 22.0 Å². The molecule has 0 bridgehead atoms. The van der Waals surface area contributed by atoms with Crippen molar-refractivity contribution in [3.05, 3.63) is 68.9 Å². The van der Waals surface area contributed by atoms with Crippen molar-refractivity contribution in [1.82, 2.24) is 10.3 Å². The van der Waals surface area contributed by atoms with E-state index in [1.165, 1.54) is 25.1 Å². The number of carbonyl (C=O) groups excluding carboxylic acids is 1. The molecule has 1 unspecified atom stereocenters. The van der Waals surface area contributed by atoms with Gasteiger partial charge in [0.25, 0.3) is 11.5 Å². The summed E-state index contributed by atoms with van der Waals surface area (Å²) < 4.78 is 13.1. The Morgan fingerprint density at radius 2 is 1.85 bits per heavy atom. The third-order valence-electron chi connectivity index (χ3n) is 4.80. The molecule has 1 atom stereocenters. The molecule has 1 aliphatic rings. The molecule has 1 heterocycles. The van der Waals surface area contributed by atoms with Crippen LogP contribution in [0.1, 0.15) is 46.9 Å². The fourth-order valence-electron chi connectivity index (χ4n) is 3.17. The molecule has 26 heavy (non-hydrogen) atoms. The quantitative estimate of drug-likeness (QED) is 0.779. The van der Waals surface area contributed by atoms with Crippen molar-refractivity contribution >= 4 is 11.9 Å². The molecule has 2 aromatic rings. The number of amides is 1. The van der Waals surface area contributed by atoms with Gasteiger partial charge in [-0.25, -0.2) is 9.18 Å². The minimum atomic E-state index is -1.80. The fraction of sp³-hybridized carbons (Fsp3) is 0.316. The molecule has 1 aliphatic carbocycles. The van der Waals surface area contributed by atoms with E-state index in [4.69, 9.17) is 0 Å². The van der Waals surface area contributed by atoms with Gasteiger partial charge in [-0.1, -0.05) is 12.1 Å². The van der Waals surface area contributed by atoms with Crippen LogP contribution in [0.5, 0.6) is 0 Å². The Hall–Kier alpha value is -2.96. The first-order chi connectivity index (χ1) is 12.3. The zero-order valence-electron chi connectivity index (χ0n) is 14.3. The predicted octanol–water partition coefficient (Wildman–Crippen LogP) is 2.12. The predicted molar refractivity (Wildman–Crippen MR) is 92.6 cm³/mol. The van der Waals surface area contributed by atoms with Crippen LogP contribution in [0.25, 0.3) is 0 Å². The third-order valence-corrected chi connectivity index (χ3v) is 4.80. The highest BCUT2D eigenvalue weighted by Gasteiger charge is 2.37. The Morgan fingerprint density at radius 1 is 1.19 bits per heavy atom. The SMILES string of the molecule is CC(NC(=O)c1cc2c([nH]c1=O)CCCC2)(C(=O)O)c1ccc(F)cc1. The van der Waals surface area contributed by atoms with Gasteiger partial charge in [0.2, 0.25) is 0 Å². The van der Waals surface area contributed by atoms with Crippen LogP contribution in [0.15, 0.2) is 35.1 Å². The van der Waals surface area contributed by atoms with Crippen LogP contribution >= 0.6 is 0 Å². The second kappa shape index (κ2) is 6.74. The lowest BCUT2D eigenvalue weighted by Gasteiger charge is -2.27. The van der Waals surface area contributed by atoms with Gasteiger partial charge in [0.05, 0.1) is 0 Å². The first-order valence-electron chi connectivity index (χ1n) is 8.38. The Labute approximate surface area is 149 Å². The second-order valence-electron chi connectivity index (χ2n) is 6.61. The smallest absolute Gasteiger partial charge is 0.333 e. The van der Waals surface area contributed by atoms with Crippen LogP contribution in [0, 0.1) is 5.82 Å². The number of benzene rings is 1. The molecule has 0 aliphatic heterocycles. The maximum Gasteiger partial charge on any atom is 0.333 e. The lowest BCUT2D eigenvalue weighted by atomic mass is 9.91. The number of hydrogen-bond donors (Lipinski definition) is 3. The monoisotopic (exact) mass is 358 g/mol. The number of halogens is 1. The van der Waals surface area contributed by atoms with Gasteiger partial charge in [-0.05, 0) is 61.9 Å².